The summed E-state index contributed by atoms with van der Waals surface area (Å²) in [5.41, 5.74) is -1.09. The molecule has 2 nitrogen and oxygen atoms in total. The van der Waals surface area contributed by atoms with E-state index in [1.807, 2.05) is 83.1 Å². The van der Waals surface area contributed by atoms with Gasteiger partial charge < -0.3 is 0 Å². The maximum atomic E-state index is 14.7. The van der Waals surface area contributed by atoms with Crippen LogP contribution in [0, 0.1) is 0 Å². The topological polar surface area (TPSA) is 40.5 Å². The Morgan fingerprint density at radius 3 is 0.811 bits per heavy atom. The normalized spacial score (nSPS) is 15.2. The van der Waals surface area contributed by atoms with Gasteiger partial charge >= 0.3 is 226 Å². The van der Waals surface area contributed by atoms with E-state index in [-0.39, 0.29) is 10.6 Å². The summed E-state index contributed by atoms with van der Waals surface area (Å²) in [6.45, 7) is 22.1. The third-order valence-corrected chi connectivity index (χ3v) is 9.52. The molecule has 0 aliphatic heterocycles. The van der Waals surface area contributed by atoms with Gasteiger partial charge in [-0.15, -0.1) is 0 Å². The molecule has 0 unspecified atom stereocenters. The molecule has 0 saturated heterocycles. The van der Waals surface area contributed by atoms with Crippen LogP contribution in [0.1, 0.15) is 105 Å². The van der Waals surface area contributed by atoms with Gasteiger partial charge in [-0.05, 0) is 0 Å². The first kappa shape index (κ1) is 32.5. The summed E-state index contributed by atoms with van der Waals surface area (Å²) < 4.78 is 58.9. The van der Waals surface area contributed by atoms with E-state index in [1.165, 1.54) is 11.8 Å². The van der Waals surface area contributed by atoms with Crippen LogP contribution in [0.5, 0.6) is 0 Å². The van der Waals surface area contributed by atoms with Gasteiger partial charge in [0, 0.05) is 0 Å². The van der Waals surface area contributed by atoms with Gasteiger partial charge in [-0.25, -0.2) is 0 Å². The van der Waals surface area contributed by atoms with Crippen LogP contribution in [0.3, 0.4) is 0 Å². The second-order valence-electron chi connectivity index (χ2n) is 14.0. The van der Waals surface area contributed by atoms with Crippen LogP contribution < -0.4 is 10.6 Å². The summed E-state index contributed by atoms with van der Waals surface area (Å²) in [4.78, 5) is 21.4. The number of rotatable bonds is 4. The summed E-state index contributed by atoms with van der Waals surface area (Å²) in [7, 11) is -11.3. The van der Waals surface area contributed by atoms with Crippen LogP contribution in [0.15, 0.2) is 34.1 Å². The average Bonchev–Trinajstić information content (AvgIpc) is 2.62. The van der Waals surface area contributed by atoms with Crippen molar-refractivity contribution in [3.05, 3.63) is 46.5 Å². The maximum absolute atomic E-state index is 14.7. The minimum absolute atomic E-state index is 0.246. The predicted octanol–water partition coefficient (Wildman–Crippen LogP) is 9.13. The molecular formula is C28H44F4O2P2S. The van der Waals surface area contributed by atoms with E-state index in [0.29, 0.717) is 32.0 Å². The van der Waals surface area contributed by atoms with Gasteiger partial charge in [0.1, 0.15) is 0 Å². The van der Waals surface area contributed by atoms with Gasteiger partial charge in [-0.1, -0.05) is 0 Å². The SMILES string of the molecule is CC(C)(C)c1cc(Sc2cc(C(C)(C)C)c([PH](O)(F)F)c(C(C)(C)C)c2)cc(C(C)(C)C)c1[PH](O)(F)F. The Balaban J connectivity index is 2.94. The second-order valence-corrected chi connectivity index (χ2v) is 18.3. The van der Waals surface area contributed by atoms with Crippen molar-refractivity contribution in [2.75, 3.05) is 0 Å². The van der Waals surface area contributed by atoms with E-state index in [9.17, 15) is 26.6 Å². The molecule has 2 aromatic rings. The first-order chi connectivity index (χ1) is 16.1. The van der Waals surface area contributed by atoms with Crippen molar-refractivity contribution < 1.29 is 26.6 Å². The van der Waals surface area contributed by atoms with Gasteiger partial charge in [-0.3, -0.25) is 0 Å². The molecule has 0 aliphatic rings. The molecule has 2 rings (SSSR count). The molecule has 37 heavy (non-hydrogen) atoms. The third kappa shape index (κ3) is 7.70. The van der Waals surface area contributed by atoms with Crippen LogP contribution in [-0.4, -0.2) is 9.79 Å². The predicted molar refractivity (Wildman–Crippen MR) is 157 cm³/mol. The zero-order valence-corrected chi connectivity index (χ0v) is 26.9. The third-order valence-electron chi connectivity index (χ3n) is 6.29. The van der Waals surface area contributed by atoms with E-state index in [0.717, 1.165) is 0 Å². The fraction of sp³-hybridized carbons (Fsp3) is 0.571. The quantitative estimate of drug-likeness (QED) is 0.279. The van der Waals surface area contributed by atoms with Crippen LogP contribution in [0.25, 0.3) is 0 Å². The van der Waals surface area contributed by atoms with Gasteiger partial charge in [0.2, 0.25) is 0 Å². The summed E-state index contributed by atoms with van der Waals surface area (Å²) >= 11 is 1.33. The van der Waals surface area contributed by atoms with Crippen LogP contribution in [0.4, 0.5) is 16.8 Å². The number of hydrogen-bond donors (Lipinski definition) is 2. The monoisotopic (exact) mass is 582 g/mol. The zero-order valence-electron chi connectivity index (χ0n) is 24.1. The Morgan fingerprint density at radius 1 is 0.486 bits per heavy atom. The molecule has 0 bridgehead atoms. The number of halogens is 4. The number of benzene rings is 2. The first-order valence-electron chi connectivity index (χ1n) is 12.4. The Hall–Kier alpha value is -0.710. The van der Waals surface area contributed by atoms with Crippen molar-refractivity contribution in [2.24, 2.45) is 0 Å². The first-order valence-corrected chi connectivity index (χ1v) is 16.6. The van der Waals surface area contributed by atoms with E-state index >= 15 is 0 Å². The molecule has 0 fully saturated rings. The fourth-order valence-electron chi connectivity index (χ4n) is 4.50. The molecule has 0 atom stereocenters. The molecular weight excluding hydrogens is 538 g/mol. The average molecular weight is 583 g/mol. The van der Waals surface area contributed by atoms with Gasteiger partial charge in [0.15, 0.2) is 0 Å². The van der Waals surface area contributed by atoms with Gasteiger partial charge in [0.25, 0.3) is 0 Å². The van der Waals surface area contributed by atoms with Gasteiger partial charge in [0.05, 0.1) is 0 Å². The molecule has 0 aliphatic carbocycles. The molecule has 2 N–H and O–H groups in total. The standard InChI is InChI=1S/C28H44F4O2P2S/c1-25(2,3)19-13-17(14-20(26(4,5)6)23(19)35(29,30)33)37-18-15-21(27(7,8)9)24(36(31,32)34)22(16-18)28(10,11)12/h13-16,33-36H,1-12H3. The zero-order chi connectivity index (χ0) is 29.2. The molecule has 0 aromatic heterocycles. The molecule has 212 valence electrons. The molecule has 0 spiro atoms. The molecule has 0 saturated carbocycles. The van der Waals surface area contributed by atoms with Crippen molar-refractivity contribution in [1.82, 2.24) is 0 Å². The number of hydrogen-bond acceptors (Lipinski definition) is 3. The second kappa shape index (κ2) is 10.0. The van der Waals surface area contributed by atoms with Crippen molar-refractivity contribution in [2.45, 2.75) is 115 Å². The molecule has 0 heterocycles. The van der Waals surface area contributed by atoms with Crippen LogP contribution >= 0.6 is 28.0 Å². The summed E-state index contributed by atoms with van der Waals surface area (Å²) in [5.74, 6) is 0. The van der Waals surface area contributed by atoms with Crippen LogP contribution in [0.2, 0.25) is 0 Å². The minimum atomic E-state index is -5.67. The van der Waals surface area contributed by atoms with E-state index < -0.39 is 37.9 Å². The van der Waals surface area contributed by atoms with Crippen molar-refractivity contribution in [3.63, 3.8) is 0 Å². The Morgan fingerprint density at radius 2 is 0.676 bits per heavy atom. The van der Waals surface area contributed by atoms with Crippen molar-refractivity contribution in [1.29, 1.82) is 0 Å². The van der Waals surface area contributed by atoms with E-state index in [4.69, 9.17) is 0 Å². The van der Waals surface area contributed by atoms with E-state index in [1.54, 1.807) is 24.3 Å². The molecule has 9 heteroatoms. The summed E-state index contributed by atoms with van der Waals surface area (Å²) in [6, 6.07) is 6.79. The van der Waals surface area contributed by atoms with E-state index in [2.05, 4.69) is 0 Å². The summed E-state index contributed by atoms with van der Waals surface area (Å²) in [6.07, 6.45) is 0. The van der Waals surface area contributed by atoms with Crippen molar-refractivity contribution >= 4 is 38.6 Å². The molecule has 0 radical (unpaired) electrons. The van der Waals surface area contributed by atoms with Crippen molar-refractivity contribution in [3.8, 4) is 0 Å². The Bertz CT molecular complexity index is 996. The molecule has 0 amide bonds. The fourth-order valence-corrected chi connectivity index (χ4v) is 8.56. The Labute approximate surface area is 226 Å². The summed E-state index contributed by atoms with van der Waals surface area (Å²) in [5, 5.41) is -0.493. The van der Waals surface area contributed by atoms with Gasteiger partial charge in [-0.2, -0.15) is 0 Å². The Kier molecular flexibility index (Phi) is 8.82. The molecule has 2 aromatic carbocycles. The van der Waals surface area contributed by atoms with Crippen LogP contribution in [-0.2, 0) is 21.7 Å².